The van der Waals surface area contributed by atoms with E-state index >= 15 is 0 Å². The van der Waals surface area contributed by atoms with Gasteiger partial charge in [0.25, 0.3) is 0 Å². The van der Waals surface area contributed by atoms with Crippen molar-refractivity contribution in [3.05, 3.63) is 71.0 Å². The Morgan fingerprint density at radius 2 is 1.06 bits per heavy atom. The monoisotopic (exact) mass is 450 g/mol. The zero-order valence-electron chi connectivity index (χ0n) is 15.0. The maximum atomic E-state index is 14.9. The van der Waals surface area contributed by atoms with Crippen molar-refractivity contribution in [2.45, 2.75) is 6.18 Å². The van der Waals surface area contributed by atoms with E-state index in [2.05, 4.69) is 4.74 Å². The summed E-state index contributed by atoms with van der Waals surface area (Å²) < 4.78 is 120. The molecule has 3 rings (SSSR count). The van der Waals surface area contributed by atoms with E-state index in [1.165, 1.54) is 0 Å². The Bertz CT molecular complexity index is 1160. The molecule has 0 saturated carbocycles. The largest absolute Gasteiger partial charge is 0.448 e. The highest BCUT2D eigenvalue weighted by molar-refractivity contribution is 5.53. The maximum absolute atomic E-state index is 14.9. The second-order valence-electron chi connectivity index (χ2n) is 6.02. The Labute approximate surface area is 168 Å². The van der Waals surface area contributed by atoms with Gasteiger partial charge in [0, 0.05) is 0 Å². The predicted octanol–water partition coefficient (Wildman–Crippen LogP) is 6.15. The van der Waals surface area contributed by atoms with E-state index < -0.39 is 75.2 Å². The number of alkyl halides is 3. The first-order valence-electron chi connectivity index (χ1n) is 8.14. The first kappa shape index (κ1) is 22.0. The summed E-state index contributed by atoms with van der Waals surface area (Å²) in [6.07, 6.45) is -5.24. The van der Waals surface area contributed by atoms with E-state index in [4.69, 9.17) is 16.2 Å². The number of nitrogens with two attached hydrogens (primary N) is 2. The third kappa shape index (κ3) is 4.13. The molecule has 0 bridgehead atoms. The summed E-state index contributed by atoms with van der Waals surface area (Å²) in [4.78, 5) is 0. The average molecular weight is 450 g/mol. The number of nitrogen functional groups attached to an aromatic ring is 2. The summed E-state index contributed by atoms with van der Waals surface area (Å²) in [6, 6.07) is 3.49. The first-order chi connectivity index (χ1) is 14.4. The van der Waals surface area contributed by atoms with Crippen molar-refractivity contribution in [2.24, 2.45) is 0 Å². The lowest BCUT2D eigenvalue weighted by Crippen LogP contribution is -2.10. The molecule has 12 heteroatoms. The third-order valence-electron chi connectivity index (χ3n) is 3.94. The third-order valence-corrected chi connectivity index (χ3v) is 3.94. The summed E-state index contributed by atoms with van der Waals surface area (Å²) in [5.74, 6) is -13.3. The van der Waals surface area contributed by atoms with E-state index in [1.54, 1.807) is 0 Å². The van der Waals surface area contributed by atoms with Gasteiger partial charge >= 0.3 is 6.18 Å². The van der Waals surface area contributed by atoms with Gasteiger partial charge in [-0.15, -0.1) is 0 Å². The molecule has 0 aliphatic carbocycles. The minimum absolute atomic E-state index is 0.234. The van der Waals surface area contributed by atoms with Crippen LogP contribution in [0.4, 0.5) is 46.5 Å². The molecule has 0 aromatic heterocycles. The molecule has 0 spiro atoms. The Kier molecular flexibility index (Phi) is 5.57. The minimum Gasteiger partial charge on any atom is -0.448 e. The van der Waals surface area contributed by atoms with Crippen molar-refractivity contribution in [3.8, 4) is 23.0 Å². The van der Waals surface area contributed by atoms with Crippen LogP contribution in [-0.4, -0.2) is 0 Å². The second kappa shape index (κ2) is 7.85. The Balaban J connectivity index is 2.17. The highest BCUT2D eigenvalue weighted by Crippen LogP contribution is 2.45. The van der Waals surface area contributed by atoms with Gasteiger partial charge in [0.2, 0.25) is 17.3 Å². The van der Waals surface area contributed by atoms with Gasteiger partial charge in [0.05, 0.1) is 11.4 Å². The van der Waals surface area contributed by atoms with Gasteiger partial charge in [0.15, 0.2) is 34.8 Å². The Morgan fingerprint density at radius 1 is 0.581 bits per heavy atom. The average Bonchev–Trinajstić information content (AvgIpc) is 2.69. The van der Waals surface area contributed by atoms with Crippen LogP contribution in [0.15, 0.2) is 36.4 Å². The fourth-order valence-corrected chi connectivity index (χ4v) is 2.43. The molecule has 3 aromatic carbocycles. The van der Waals surface area contributed by atoms with Crippen molar-refractivity contribution in [3.63, 3.8) is 0 Å². The van der Waals surface area contributed by atoms with Crippen LogP contribution in [0.2, 0.25) is 0 Å². The van der Waals surface area contributed by atoms with Crippen LogP contribution in [0.1, 0.15) is 5.56 Å². The Hall–Kier alpha value is -3.70. The number of halogens is 8. The number of hydrogen-bond donors (Lipinski definition) is 2. The molecular formula is C19H10F8N2O2. The van der Waals surface area contributed by atoms with Crippen molar-refractivity contribution >= 4 is 11.4 Å². The number of hydrogen-bond acceptors (Lipinski definition) is 4. The lowest BCUT2D eigenvalue weighted by atomic mass is 10.1. The van der Waals surface area contributed by atoms with Crippen LogP contribution in [-0.2, 0) is 6.18 Å². The molecule has 0 heterocycles. The zero-order chi connectivity index (χ0) is 23.1. The van der Waals surface area contributed by atoms with Gasteiger partial charge in [0.1, 0.15) is 5.56 Å². The summed E-state index contributed by atoms with van der Waals surface area (Å²) in [5.41, 5.74) is 7.41. The molecule has 0 aliphatic rings. The number of ether oxygens (including phenoxy) is 2. The lowest BCUT2D eigenvalue weighted by Gasteiger charge is -2.18. The molecule has 31 heavy (non-hydrogen) atoms. The molecule has 0 fully saturated rings. The topological polar surface area (TPSA) is 70.5 Å². The van der Waals surface area contributed by atoms with Crippen LogP contribution in [0.3, 0.4) is 0 Å². The molecule has 0 radical (unpaired) electrons. The summed E-state index contributed by atoms with van der Waals surface area (Å²) >= 11 is 0. The molecular weight excluding hydrogens is 440 g/mol. The van der Waals surface area contributed by atoms with Crippen LogP contribution in [0.25, 0.3) is 0 Å². The van der Waals surface area contributed by atoms with E-state index in [0.717, 1.165) is 12.1 Å². The second-order valence-corrected chi connectivity index (χ2v) is 6.02. The van der Waals surface area contributed by atoms with Gasteiger partial charge in [-0.25, -0.2) is 17.6 Å². The van der Waals surface area contributed by atoms with Gasteiger partial charge in [-0.3, -0.25) is 0 Å². The van der Waals surface area contributed by atoms with E-state index in [0.29, 0.717) is 18.2 Å². The van der Waals surface area contributed by atoms with Crippen molar-refractivity contribution in [1.29, 1.82) is 0 Å². The van der Waals surface area contributed by atoms with Crippen LogP contribution < -0.4 is 20.9 Å². The van der Waals surface area contributed by atoms with Crippen LogP contribution in [0.5, 0.6) is 23.0 Å². The van der Waals surface area contributed by atoms with Crippen molar-refractivity contribution in [1.82, 2.24) is 0 Å². The smallest absolute Gasteiger partial charge is 0.420 e. The highest BCUT2D eigenvalue weighted by Gasteiger charge is 2.38. The standard InChI is InChI=1S/C19H10F8N2O2/c20-8-2-4-10(28)13(22)17(8)30-12-6-1-7(19(25,26)27)16(15(12)24)31-18-9(21)3-5-11(29)14(18)23/h1-6H,28-29H2. The maximum Gasteiger partial charge on any atom is 0.420 e. The van der Waals surface area contributed by atoms with Crippen LogP contribution >= 0.6 is 0 Å². The molecule has 0 atom stereocenters. The molecule has 0 unspecified atom stereocenters. The molecule has 0 aliphatic heterocycles. The SMILES string of the molecule is Nc1ccc(F)c(Oc2ccc(C(F)(F)F)c(Oc3c(F)ccc(N)c3F)c2F)c1F. The summed E-state index contributed by atoms with van der Waals surface area (Å²) in [6.45, 7) is 0. The Morgan fingerprint density at radius 3 is 1.55 bits per heavy atom. The highest BCUT2D eigenvalue weighted by atomic mass is 19.4. The number of benzene rings is 3. The molecule has 0 saturated heterocycles. The molecule has 4 nitrogen and oxygen atoms in total. The van der Waals surface area contributed by atoms with Gasteiger partial charge in [-0.2, -0.15) is 17.6 Å². The molecule has 4 N–H and O–H groups in total. The molecule has 3 aromatic rings. The van der Waals surface area contributed by atoms with Crippen molar-refractivity contribution in [2.75, 3.05) is 11.5 Å². The fraction of sp³-hybridized carbons (Fsp3) is 0.0526. The van der Waals surface area contributed by atoms with E-state index in [9.17, 15) is 35.1 Å². The van der Waals surface area contributed by atoms with Crippen molar-refractivity contribution < 1.29 is 44.6 Å². The van der Waals surface area contributed by atoms with Crippen LogP contribution in [0, 0.1) is 29.1 Å². The zero-order valence-corrected chi connectivity index (χ0v) is 15.0. The van der Waals surface area contributed by atoms with Gasteiger partial charge in [-0.1, -0.05) is 0 Å². The summed E-state index contributed by atoms with van der Waals surface area (Å²) in [7, 11) is 0. The van der Waals surface area contributed by atoms with E-state index in [1.807, 2.05) is 0 Å². The number of rotatable bonds is 4. The summed E-state index contributed by atoms with van der Waals surface area (Å²) in [5, 5.41) is 0. The molecule has 0 amide bonds. The fourth-order valence-electron chi connectivity index (χ4n) is 2.43. The normalized spacial score (nSPS) is 11.5. The number of anilines is 2. The first-order valence-corrected chi connectivity index (χ1v) is 8.14. The van der Waals surface area contributed by atoms with Gasteiger partial charge in [-0.05, 0) is 36.4 Å². The van der Waals surface area contributed by atoms with Gasteiger partial charge < -0.3 is 20.9 Å². The minimum atomic E-state index is -5.24. The molecule has 164 valence electrons. The van der Waals surface area contributed by atoms with E-state index in [-0.39, 0.29) is 6.07 Å². The quantitative estimate of drug-likeness (QED) is 0.370. The predicted molar refractivity (Wildman–Crippen MR) is 93.1 cm³/mol. The lowest BCUT2D eigenvalue weighted by molar-refractivity contribution is -0.138.